The number of amides is 3. The molecule has 0 heterocycles. The molecule has 0 spiro atoms. The molecule has 7 heteroatoms. The van der Waals surface area contributed by atoms with Gasteiger partial charge in [0, 0.05) is 18.3 Å². The van der Waals surface area contributed by atoms with Gasteiger partial charge >= 0.3 is 0 Å². The highest BCUT2D eigenvalue weighted by Crippen LogP contribution is 2.14. The van der Waals surface area contributed by atoms with Crippen molar-refractivity contribution in [1.82, 2.24) is 5.32 Å². The fourth-order valence-electron chi connectivity index (χ4n) is 2.07. The molecule has 5 N–H and O–H groups in total. The van der Waals surface area contributed by atoms with E-state index in [0.29, 0.717) is 16.9 Å². The number of para-hydroxylation sites is 1. The van der Waals surface area contributed by atoms with Crippen LogP contribution < -0.4 is 21.7 Å². The number of rotatable bonds is 6. The minimum absolute atomic E-state index is 0.00637. The van der Waals surface area contributed by atoms with E-state index in [1.54, 1.807) is 55.6 Å². The standard InChI is InChI=1S/C17H18N4O3/c1-19-17(24)11-6-8-12(9-7-11)20-10-15(22)21-14-5-3-2-4-13(14)16(18)23/h2-9,20H,10H2,1H3,(H2,18,23)(H,19,24)(H,21,22). The van der Waals surface area contributed by atoms with E-state index in [4.69, 9.17) is 5.73 Å². The van der Waals surface area contributed by atoms with Gasteiger partial charge in [-0.1, -0.05) is 12.1 Å². The van der Waals surface area contributed by atoms with Crippen molar-refractivity contribution in [2.45, 2.75) is 0 Å². The number of anilines is 2. The number of carbonyl (C=O) groups is 3. The van der Waals surface area contributed by atoms with Gasteiger partial charge in [-0.15, -0.1) is 0 Å². The van der Waals surface area contributed by atoms with Gasteiger partial charge in [0.1, 0.15) is 0 Å². The van der Waals surface area contributed by atoms with Gasteiger partial charge in [-0.3, -0.25) is 14.4 Å². The summed E-state index contributed by atoms with van der Waals surface area (Å²) in [6, 6.07) is 13.2. The highest BCUT2D eigenvalue weighted by atomic mass is 16.2. The van der Waals surface area contributed by atoms with Crippen LogP contribution in [0.4, 0.5) is 11.4 Å². The van der Waals surface area contributed by atoms with Crippen LogP contribution in [0.25, 0.3) is 0 Å². The zero-order chi connectivity index (χ0) is 17.5. The molecule has 0 saturated carbocycles. The molecule has 124 valence electrons. The molecule has 0 aliphatic heterocycles. The molecule has 0 aromatic heterocycles. The van der Waals surface area contributed by atoms with E-state index in [1.165, 1.54) is 0 Å². The Morgan fingerprint density at radius 2 is 1.67 bits per heavy atom. The van der Waals surface area contributed by atoms with E-state index in [9.17, 15) is 14.4 Å². The molecule has 0 unspecified atom stereocenters. The minimum Gasteiger partial charge on any atom is -0.376 e. The Balaban J connectivity index is 1.94. The maximum Gasteiger partial charge on any atom is 0.251 e. The largest absolute Gasteiger partial charge is 0.376 e. The first kappa shape index (κ1) is 17.0. The topological polar surface area (TPSA) is 113 Å². The number of hydrogen-bond acceptors (Lipinski definition) is 4. The van der Waals surface area contributed by atoms with Gasteiger partial charge in [0.05, 0.1) is 17.8 Å². The van der Waals surface area contributed by atoms with Crippen LogP contribution in [0.1, 0.15) is 20.7 Å². The van der Waals surface area contributed by atoms with Crippen molar-refractivity contribution in [2.75, 3.05) is 24.2 Å². The summed E-state index contributed by atoms with van der Waals surface area (Å²) in [5.74, 6) is -1.11. The van der Waals surface area contributed by atoms with Crippen LogP contribution >= 0.6 is 0 Å². The van der Waals surface area contributed by atoms with Gasteiger partial charge in [0.2, 0.25) is 5.91 Å². The SMILES string of the molecule is CNC(=O)c1ccc(NCC(=O)Nc2ccccc2C(N)=O)cc1. The summed E-state index contributed by atoms with van der Waals surface area (Å²) in [7, 11) is 1.56. The number of nitrogens with two attached hydrogens (primary N) is 1. The van der Waals surface area contributed by atoms with E-state index in [0.717, 1.165) is 0 Å². The third-order valence-corrected chi connectivity index (χ3v) is 3.29. The molecule has 2 aromatic carbocycles. The minimum atomic E-state index is -0.608. The van der Waals surface area contributed by atoms with Crippen molar-refractivity contribution in [2.24, 2.45) is 5.73 Å². The lowest BCUT2D eigenvalue weighted by Crippen LogP contribution is -2.24. The normalized spacial score (nSPS) is 9.88. The van der Waals surface area contributed by atoms with E-state index in [1.807, 2.05) is 0 Å². The number of primary amides is 1. The van der Waals surface area contributed by atoms with Crippen molar-refractivity contribution < 1.29 is 14.4 Å². The fourth-order valence-corrected chi connectivity index (χ4v) is 2.07. The highest BCUT2D eigenvalue weighted by Gasteiger charge is 2.10. The average Bonchev–Trinajstić information content (AvgIpc) is 2.60. The second kappa shape index (κ2) is 7.77. The third-order valence-electron chi connectivity index (χ3n) is 3.29. The van der Waals surface area contributed by atoms with Crippen molar-refractivity contribution in [1.29, 1.82) is 0 Å². The number of carbonyl (C=O) groups excluding carboxylic acids is 3. The van der Waals surface area contributed by atoms with Crippen LogP contribution in [0, 0.1) is 0 Å². The predicted octanol–water partition coefficient (Wildman–Crippen LogP) is 1.20. The molecule has 0 saturated heterocycles. The summed E-state index contributed by atoms with van der Waals surface area (Å²) < 4.78 is 0. The Morgan fingerprint density at radius 1 is 1.00 bits per heavy atom. The van der Waals surface area contributed by atoms with E-state index in [2.05, 4.69) is 16.0 Å². The molecule has 0 radical (unpaired) electrons. The molecule has 0 aliphatic rings. The van der Waals surface area contributed by atoms with Crippen LogP contribution in [-0.4, -0.2) is 31.3 Å². The van der Waals surface area contributed by atoms with Gasteiger partial charge in [-0.25, -0.2) is 0 Å². The van der Waals surface area contributed by atoms with Crippen LogP contribution in [0.5, 0.6) is 0 Å². The van der Waals surface area contributed by atoms with Gasteiger partial charge in [0.25, 0.3) is 11.8 Å². The Labute approximate surface area is 139 Å². The Hall–Kier alpha value is -3.35. The molecular weight excluding hydrogens is 308 g/mol. The molecule has 0 fully saturated rings. The Bertz CT molecular complexity index is 757. The van der Waals surface area contributed by atoms with Crippen molar-refractivity contribution in [3.8, 4) is 0 Å². The zero-order valence-electron chi connectivity index (χ0n) is 13.1. The first-order valence-corrected chi connectivity index (χ1v) is 7.26. The molecule has 2 rings (SSSR count). The lowest BCUT2D eigenvalue weighted by molar-refractivity contribution is -0.114. The average molecular weight is 326 g/mol. The first-order valence-electron chi connectivity index (χ1n) is 7.26. The van der Waals surface area contributed by atoms with Crippen molar-refractivity contribution in [3.05, 3.63) is 59.7 Å². The monoisotopic (exact) mass is 326 g/mol. The van der Waals surface area contributed by atoms with Crippen molar-refractivity contribution >= 4 is 29.1 Å². The molecule has 0 aliphatic carbocycles. The molecule has 2 aromatic rings. The molecule has 7 nitrogen and oxygen atoms in total. The summed E-state index contributed by atoms with van der Waals surface area (Å²) in [5, 5.41) is 8.10. The molecule has 24 heavy (non-hydrogen) atoms. The van der Waals surface area contributed by atoms with Gasteiger partial charge in [0.15, 0.2) is 0 Å². The second-order valence-electron chi connectivity index (χ2n) is 4.97. The number of hydrogen-bond donors (Lipinski definition) is 4. The van der Waals surface area contributed by atoms with Gasteiger partial charge in [-0.2, -0.15) is 0 Å². The number of benzene rings is 2. The maximum absolute atomic E-state index is 12.0. The summed E-state index contributed by atoms with van der Waals surface area (Å²) in [6.45, 7) is 0.00637. The highest BCUT2D eigenvalue weighted by molar-refractivity contribution is 6.03. The van der Waals surface area contributed by atoms with Crippen LogP contribution in [-0.2, 0) is 4.79 Å². The molecular formula is C17H18N4O3. The van der Waals surface area contributed by atoms with Gasteiger partial charge < -0.3 is 21.7 Å². The lowest BCUT2D eigenvalue weighted by atomic mass is 10.1. The van der Waals surface area contributed by atoms with E-state index in [-0.39, 0.29) is 23.9 Å². The smallest absolute Gasteiger partial charge is 0.251 e. The van der Waals surface area contributed by atoms with E-state index >= 15 is 0 Å². The van der Waals surface area contributed by atoms with Gasteiger partial charge in [-0.05, 0) is 36.4 Å². The fraction of sp³-hybridized carbons (Fsp3) is 0.118. The molecule has 3 amide bonds. The zero-order valence-corrected chi connectivity index (χ0v) is 13.1. The summed E-state index contributed by atoms with van der Waals surface area (Å²) in [5.41, 5.74) is 7.11. The van der Waals surface area contributed by atoms with Crippen LogP contribution in [0.2, 0.25) is 0 Å². The number of nitrogens with one attached hydrogen (secondary N) is 3. The van der Waals surface area contributed by atoms with E-state index < -0.39 is 5.91 Å². The summed E-state index contributed by atoms with van der Waals surface area (Å²) >= 11 is 0. The quantitative estimate of drug-likeness (QED) is 0.638. The maximum atomic E-state index is 12.0. The van der Waals surface area contributed by atoms with Crippen LogP contribution in [0.15, 0.2) is 48.5 Å². The lowest BCUT2D eigenvalue weighted by Gasteiger charge is -2.10. The second-order valence-corrected chi connectivity index (χ2v) is 4.97. The third kappa shape index (κ3) is 4.33. The summed E-state index contributed by atoms with van der Waals surface area (Å²) in [4.78, 5) is 34.8. The Morgan fingerprint density at radius 3 is 2.29 bits per heavy atom. The first-order chi connectivity index (χ1) is 11.5. The molecule has 0 atom stereocenters. The summed E-state index contributed by atoms with van der Waals surface area (Å²) in [6.07, 6.45) is 0. The Kier molecular flexibility index (Phi) is 5.51. The molecule has 0 bridgehead atoms. The van der Waals surface area contributed by atoms with Crippen molar-refractivity contribution in [3.63, 3.8) is 0 Å². The predicted molar refractivity (Wildman–Crippen MR) is 91.9 cm³/mol. The van der Waals surface area contributed by atoms with Crippen LogP contribution in [0.3, 0.4) is 0 Å².